The molecule has 0 saturated heterocycles. The fourth-order valence-electron chi connectivity index (χ4n) is 0.730. The number of nitrogens with two attached hydrogens (primary N) is 1. The molecule has 0 saturated carbocycles. The van der Waals surface area contributed by atoms with Gasteiger partial charge in [0.05, 0.1) is 5.00 Å². The minimum absolute atomic E-state index is 0.0307. The van der Waals surface area contributed by atoms with E-state index in [0.29, 0.717) is 6.54 Å². The molecule has 3 nitrogen and oxygen atoms in total. The van der Waals surface area contributed by atoms with Gasteiger partial charge in [0, 0.05) is 22.3 Å². The molecular weight excluding hydrogens is 252 g/mol. The Morgan fingerprint density at radius 2 is 2.54 bits per heavy atom. The van der Waals surface area contributed by atoms with Gasteiger partial charge in [-0.15, -0.1) is 11.3 Å². The molecule has 72 valence electrons. The lowest BCUT2D eigenvalue weighted by molar-refractivity contribution is -0.119. The smallest absolute Gasteiger partial charge is 0.229 e. The quantitative estimate of drug-likeness (QED) is 0.876. The first-order valence-electron chi connectivity index (χ1n) is 3.88. The van der Waals surface area contributed by atoms with Gasteiger partial charge in [0.15, 0.2) is 0 Å². The van der Waals surface area contributed by atoms with Gasteiger partial charge < -0.3 is 11.1 Å². The minimum Gasteiger partial charge on any atom is -0.330 e. The maximum atomic E-state index is 11.4. The van der Waals surface area contributed by atoms with Crippen LogP contribution in [0.15, 0.2) is 15.9 Å². The zero-order chi connectivity index (χ0) is 9.84. The maximum absolute atomic E-state index is 11.4. The number of thiophene rings is 1. The van der Waals surface area contributed by atoms with Crippen molar-refractivity contribution in [3.63, 3.8) is 0 Å². The number of hydrogen-bond acceptors (Lipinski definition) is 3. The van der Waals surface area contributed by atoms with Gasteiger partial charge in [0.2, 0.25) is 5.91 Å². The third kappa shape index (κ3) is 3.10. The highest BCUT2D eigenvalue weighted by molar-refractivity contribution is 9.10. The summed E-state index contributed by atoms with van der Waals surface area (Å²) in [5.74, 6) is -0.169. The second kappa shape index (κ2) is 4.74. The Kier molecular flexibility index (Phi) is 3.90. The number of hydrogen-bond donors (Lipinski definition) is 2. The molecular formula is C8H11BrN2OS. The van der Waals surface area contributed by atoms with Crippen LogP contribution in [0.3, 0.4) is 0 Å². The monoisotopic (exact) mass is 262 g/mol. The van der Waals surface area contributed by atoms with Gasteiger partial charge in [-0.2, -0.15) is 0 Å². The van der Waals surface area contributed by atoms with Gasteiger partial charge in [0.25, 0.3) is 0 Å². The molecule has 0 aromatic carbocycles. The summed E-state index contributed by atoms with van der Waals surface area (Å²) in [6, 6.07) is 1.87. The van der Waals surface area contributed by atoms with Crippen molar-refractivity contribution in [3.8, 4) is 0 Å². The predicted molar refractivity (Wildman–Crippen MR) is 58.9 cm³/mol. The fraction of sp³-hybridized carbons (Fsp3) is 0.375. The number of rotatable bonds is 3. The van der Waals surface area contributed by atoms with Crippen molar-refractivity contribution in [2.24, 2.45) is 11.7 Å². The number of carbonyl (C=O) groups is 1. The molecule has 1 aromatic rings. The van der Waals surface area contributed by atoms with Crippen LogP contribution in [0, 0.1) is 5.92 Å². The van der Waals surface area contributed by atoms with E-state index in [2.05, 4.69) is 21.2 Å². The predicted octanol–water partition coefficient (Wildman–Crippen LogP) is 2.04. The first kappa shape index (κ1) is 10.7. The summed E-state index contributed by atoms with van der Waals surface area (Å²) in [6.45, 7) is 2.18. The highest BCUT2D eigenvalue weighted by atomic mass is 79.9. The number of anilines is 1. The van der Waals surface area contributed by atoms with Crippen molar-refractivity contribution in [3.05, 3.63) is 15.9 Å². The van der Waals surface area contributed by atoms with Crippen LogP contribution >= 0.6 is 27.3 Å². The van der Waals surface area contributed by atoms with Crippen LogP contribution in [0.25, 0.3) is 0 Å². The first-order valence-corrected chi connectivity index (χ1v) is 5.55. The van der Waals surface area contributed by atoms with Crippen molar-refractivity contribution in [1.82, 2.24) is 0 Å². The molecule has 0 aliphatic carbocycles. The van der Waals surface area contributed by atoms with Crippen molar-refractivity contribution >= 4 is 38.2 Å². The summed E-state index contributed by atoms with van der Waals surface area (Å²) in [5.41, 5.74) is 5.37. The van der Waals surface area contributed by atoms with Crippen LogP contribution in [-0.2, 0) is 4.79 Å². The zero-order valence-electron chi connectivity index (χ0n) is 7.21. The van der Waals surface area contributed by atoms with Gasteiger partial charge in [-0.3, -0.25) is 4.79 Å². The molecule has 0 aliphatic rings. The molecule has 0 bridgehead atoms. The summed E-state index contributed by atoms with van der Waals surface area (Å²) in [5, 5.41) is 5.55. The van der Waals surface area contributed by atoms with Crippen molar-refractivity contribution < 1.29 is 4.79 Å². The Morgan fingerprint density at radius 3 is 3.00 bits per heavy atom. The van der Waals surface area contributed by atoms with Gasteiger partial charge in [-0.1, -0.05) is 6.92 Å². The zero-order valence-corrected chi connectivity index (χ0v) is 9.61. The first-order chi connectivity index (χ1) is 6.13. The summed E-state index contributed by atoms with van der Waals surface area (Å²) < 4.78 is 0.980. The Morgan fingerprint density at radius 1 is 1.85 bits per heavy atom. The van der Waals surface area contributed by atoms with Crippen LogP contribution in [0.5, 0.6) is 0 Å². The van der Waals surface area contributed by atoms with Crippen molar-refractivity contribution in [2.45, 2.75) is 6.92 Å². The lowest BCUT2D eigenvalue weighted by atomic mass is 10.2. The van der Waals surface area contributed by atoms with Crippen molar-refractivity contribution in [1.29, 1.82) is 0 Å². The second-order valence-electron chi connectivity index (χ2n) is 2.76. The van der Waals surface area contributed by atoms with Gasteiger partial charge in [-0.25, -0.2) is 0 Å². The summed E-state index contributed by atoms with van der Waals surface area (Å²) >= 11 is 4.80. The Labute approximate surface area is 89.5 Å². The molecule has 1 rings (SSSR count). The van der Waals surface area contributed by atoms with Gasteiger partial charge in [0.1, 0.15) is 0 Å². The highest BCUT2D eigenvalue weighted by Crippen LogP contribution is 2.24. The lowest BCUT2D eigenvalue weighted by Gasteiger charge is -2.07. The molecule has 1 heterocycles. The molecule has 1 unspecified atom stereocenters. The Balaban J connectivity index is 2.54. The average Bonchev–Trinajstić information content (AvgIpc) is 2.49. The number of nitrogens with one attached hydrogen (secondary N) is 1. The lowest BCUT2D eigenvalue weighted by Crippen LogP contribution is -2.26. The van der Waals surface area contributed by atoms with Gasteiger partial charge >= 0.3 is 0 Å². The highest BCUT2D eigenvalue weighted by Gasteiger charge is 2.11. The SMILES string of the molecule is CC(CN)C(=O)Nc1cc(Br)cs1. The van der Waals surface area contributed by atoms with E-state index in [1.54, 1.807) is 6.92 Å². The van der Waals surface area contributed by atoms with Crippen LogP contribution in [0.4, 0.5) is 5.00 Å². The summed E-state index contributed by atoms with van der Waals surface area (Å²) in [7, 11) is 0. The van der Waals surface area contributed by atoms with Crippen LogP contribution in [0.2, 0.25) is 0 Å². The second-order valence-corrected chi connectivity index (χ2v) is 4.58. The van der Waals surface area contributed by atoms with E-state index in [1.807, 2.05) is 11.4 Å². The van der Waals surface area contributed by atoms with Crippen LogP contribution in [-0.4, -0.2) is 12.5 Å². The Hall–Kier alpha value is -0.390. The number of halogens is 1. The molecule has 3 N–H and O–H groups in total. The largest absolute Gasteiger partial charge is 0.330 e. The topological polar surface area (TPSA) is 55.1 Å². The van der Waals surface area contributed by atoms with Crippen molar-refractivity contribution in [2.75, 3.05) is 11.9 Å². The van der Waals surface area contributed by atoms with Crippen LogP contribution < -0.4 is 11.1 Å². The number of carbonyl (C=O) groups excluding carboxylic acids is 1. The van der Waals surface area contributed by atoms with E-state index in [1.165, 1.54) is 11.3 Å². The third-order valence-corrected chi connectivity index (χ3v) is 3.22. The average molecular weight is 263 g/mol. The van der Waals surface area contributed by atoms with E-state index in [0.717, 1.165) is 9.47 Å². The molecule has 0 spiro atoms. The fourth-order valence-corrected chi connectivity index (χ4v) is 2.05. The minimum atomic E-state index is -0.138. The number of amides is 1. The molecule has 13 heavy (non-hydrogen) atoms. The van der Waals surface area contributed by atoms with Crippen LogP contribution in [0.1, 0.15) is 6.92 Å². The Bertz CT molecular complexity index is 300. The van der Waals surface area contributed by atoms with E-state index in [4.69, 9.17) is 5.73 Å². The normalized spacial score (nSPS) is 12.5. The maximum Gasteiger partial charge on any atom is 0.229 e. The molecule has 1 atom stereocenters. The standard InChI is InChI=1S/C8H11BrN2OS/c1-5(3-10)8(12)11-7-2-6(9)4-13-7/h2,4-5H,3,10H2,1H3,(H,11,12). The van der Waals surface area contributed by atoms with E-state index >= 15 is 0 Å². The molecule has 0 fully saturated rings. The molecule has 5 heteroatoms. The van der Waals surface area contributed by atoms with Gasteiger partial charge in [-0.05, 0) is 22.0 Å². The third-order valence-electron chi connectivity index (χ3n) is 1.61. The van der Waals surface area contributed by atoms with E-state index < -0.39 is 0 Å². The summed E-state index contributed by atoms with van der Waals surface area (Å²) in [6.07, 6.45) is 0. The van der Waals surface area contributed by atoms with E-state index in [9.17, 15) is 4.79 Å². The summed E-state index contributed by atoms with van der Waals surface area (Å²) in [4.78, 5) is 11.4. The van der Waals surface area contributed by atoms with E-state index in [-0.39, 0.29) is 11.8 Å². The molecule has 0 radical (unpaired) electrons. The molecule has 1 aromatic heterocycles. The molecule has 1 amide bonds. The molecule has 0 aliphatic heterocycles.